The third-order valence-corrected chi connectivity index (χ3v) is 4.98. The maximum absolute atomic E-state index is 12.0. The van der Waals surface area contributed by atoms with E-state index in [0.717, 1.165) is 23.5 Å². The van der Waals surface area contributed by atoms with Crippen molar-refractivity contribution >= 4 is 11.8 Å². The van der Waals surface area contributed by atoms with Gasteiger partial charge in [-0.2, -0.15) is 0 Å². The van der Waals surface area contributed by atoms with Gasteiger partial charge < -0.3 is 20.1 Å². The Morgan fingerprint density at radius 1 is 1.20 bits per heavy atom. The molecule has 25 heavy (non-hydrogen) atoms. The lowest BCUT2D eigenvalue weighted by Crippen LogP contribution is -2.38. The SMILES string of the molecule is C[C@H]1C[C@@H]1C(=O)NCCC(=O)NCC(C)(C)c1ccc2c(c1)OCO2. The van der Waals surface area contributed by atoms with Crippen LogP contribution in [0, 0.1) is 11.8 Å². The maximum atomic E-state index is 12.0. The zero-order valence-electron chi connectivity index (χ0n) is 15.1. The second-order valence-corrected chi connectivity index (χ2v) is 7.59. The van der Waals surface area contributed by atoms with Crippen molar-refractivity contribution in [1.29, 1.82) is 0 Å². The molecule has 6 nitrogen and oxygen atoms in total. The highest BCUT2D eigenvalue weighted by Gasteiger charge is 2.38. The van der Waals surface area contributed by atoms with Crippen LogP contribution in [0.3, 0.4) is 0 Å². The monoisotopic (exact) mass is 346 g/mol. The number of ether oxygens (including phenoxy) is 2. The third kappa shape index (κ3) is 4.24. The third-order valence-electron chi connectivity index (χ3n) is 4.98. The van der Waals surface area contributed by atoms with Crippen molar-refractivity contribution in [2.24, 2.45) is 11.8 Å². The Labute approximate surface area is 148 Å². The van der Waals surface area contributed by atoms with Crippen LogP contribution in [0.5, 0.6) is 11.5 Å². The average molecular weight is 346 g/mol. The topological polar surface area (TPSA) is 76.7 Å². The molecular formula is C19H26N2O4. The van der Waals surface area contributed by atoms with Crippen molar-refractivity contribution in [3.8, 4) is 11.5 Å². The minimum absolute atomic E-state index is 0.0574. The maximum Gasteiger partial charge on any atom is 0.231 e. The van der Waals surface area contributed by atoms with E-state index in [2.05, 4.69) is 31.4 Å². The molecule has 0 radical (unpaired) electrons. The van der Waals surface area contributed by atoms with Gasteiger partial charge in [-0.15, -0.1) is 0 Å². The molecular weight excluding hydrogens is 320 g/mol. The van der Waals surface area contributed by atoms with Crippen molar-refractivity contribution in [2.45, 2.75) is 39.0 Å². The van der Waals surface area contributed by atoms with Crippen molar-refractivity contribution in [1.82, 2.24) is 10.6 Å². The molecule has 0 aromatic heterocycles. The Hall–Kier alpha value is -2.24. The van der Waals surface area contributed by atoms with E-state index >= 15 is 0 Å². The molecule has 0 bridgehead atoms. The van der Waals surface area contributed by atoms with Gasteiger partial charge in [0.15, 0.2) is 11.5 Å². The second kappa shape index (κ2) is 6.94. The van der Waals surface area contributed by atoms with Crippen LogP contribution in [0.1, 0.15) is 39.2 Å². The van der Waals surface area contributed by atoms with E-state index in [1.807, 2.05) is 18.2 Å². The number of hydrogen-bond donors (Lipinski definition) is 2. The van der Waals surface area contributed by atoms with E-state index in [-0.39, 0.29) is 29.9 Å². The van der Waals surface area contributed by atoms with Crippen LogP contribution in [0.15, 0.2) is 18.2 Å². The summed E-state index contributed by atoms with van der Waals surface area (Å²) in [4.78, 5) is 23.8. The number of amides is 2. The summed E-state index contributed by atoms with van der Waals surface area (Å²) < 4.78 is 10.7. The minimum Gasteiger partial charge on any atom is -0.454 e. The molecule has 6 heteroatoms. The van der Waals surface area contributed by atoms with Gasteiger partial charge in [0.25, 0.3) is 0 Å². The summed E-state index contributed by atoms with van der Waals surface area (Å²) in [5.74, 6) is 2.14. The van der Waals surface area contributed by atoms with Crippen LogP contribution in [0.2, 0.25) is 0 Å². The lowest BCUT2D eigenvalue weighted by molar-refractivity contribution is -0.123. The quantitative estimate of drug-likeness (QED) is 0.791. The van der Waals surface area contributed by atoms with Gasteiger partial charge in [0.1, 0.15) is 0 Å². The fraction of sp³-hybridized carbons (Fsp3) is 0.579. The normalized spacial score (nSPS) is 20.9. The number of fused-ring (bicyclic) bond motifs is 1. The predicted molar refractivity (Wildman–Crippen MR) is 93.5 cm³/mol. The molecule has 0 unspecified atom stereocenters. The molecule has 2 N–H and O–H groups in total. The number of rotatable bonds is 7. The highest BCUT2D eigenvalue weighted by molar-refractivity contribution is 5.82. The zero-order chi connectivity index (χ0) is 18.0. The summed E-state index contributed by atoms with van der Waals surface area (Å²) in [6.07, 6.45) is 1.26. The molecule has 0 spiro atoms. The molecule has 2 aliphatic rings. The number of benzene rings is 1. The van der Waals surface area contributed by atoms with Crippen molar-refractivity contribution in [3.63, 3.8) is 0 Å². The van der Waals surface area contributed by atoms with Gasteiger partial charge in [0, 0.05) is 30.8 Å². The first-order valence-electron chi connectivity index (χ1n) is 8.81. The lowest BCUT2D eigenvalue weighted by Gasteiger charge is -2.26. The fourth-order valence-corrected chi connectivity index (χ4v) is 2.95. The molecule has 1 heterocycles. The molecule has 1 saturated carbocycles. The Morgan fingerprint density at radius 2 is 1.92 bits per heavy atom. The van der Waals surface area contributed by atoms with E-state index in [1.165, 1.54) is 0 Å². The molecule has 1 aromatic rings. The minimum atomic E-state index is -0.233. The zero-order valence-corrected chi connectivity index (χ0v) is 15.1. The molecule has 1 aliphatic heterocycles. The molecule has 1 aliphatic carbocycles. The summed E-state index contributed by atoms with van der Waals surface area (Å²) in [7, 11) is 0. The van der Waals surface area contributed by atoms with Crippen LogP contribution in [0.4, 0.5) is 0 Å². The van der Waals surface area contributed by atoms with E-state index < -0.39 is 0 Å². The van der Waals surface area contributed by atoms with Crippen molar-refractivity contribution < 1.29 is 19.1 Å². The molecule has 1 aromatic carbocycles. The average Bonchev–Trinajstić information content (AvgIpc) is 3.12. The highest BCUT2D eigenvalue weighted by atomic mass is 16.7. The van der Waals surface area contributed by atoms with Gasteiger partial charge in [0.05, 0.1) is 0 Å². The Bertz CT molecular complexity index is 671. The standard InChI is InChI=1S/C19H26N2O4/c1-12-8-14(12)18(23)20-7-6-17(22)21-10-19(2,3)13-4-5-15-16(9-13)25-11-24-15/h4-5,9,12,14H,6-8,10-11H2,1-3H3,(H,20,23)(H,21,22)/t12-,14-/m0/s1. The predicted octanol–water partition coefficient (Wildman–Crippen LogP) is 1.97. The van der Waals surface area contributed by atoms with E-state index in [1.54, 1.807) is 0 Å². The van der Waals surface area contributed by atoms with Gasteiger partial charge in [-0.05, 0) is 30.0 Å². The van der Waals surface area contributed by atoms with Crippen LogP contribution in [-0.4, -0.2) is 31.7 Å². The summed E-state index contributed by atoms with van der Waals surface area (Å²) in [6.45, 7) is 7.36. The smallest absolute Gasteiger partial charge is 0.231 e. The van der Waals surface area contributed by atoms with E-state index in [0.29, 0.717) is 25.4 Å². The highest BCUT2D eigenvalue weighted by Crippen LogP contribution is 2.37. The molecule has 2 atom stereocenters. The summed E-state index contributed by atoms with van der Waals surface area (Å²) in [5, 5.41) is 5.79. The van der Waals surface area contributed by atoms with Crippen LogP contribution >= 0.6 is 0 Å². The molecule has 0 saturated heterocycles. The Balaban J connectivity index is 1.43. The molecule has 1 fully saturated rings. The summed E-state index contributed by atoms with van der Waals surface area (Å²) >= 11 is 0. The van der Waals surface area contributed by atoms with Gasteiger partial charge >= 0.3 is 0 Å². The van der Waals surface area contributed by atoms with Crippen LogP contribution in [-0.2, 0) is 15.0 Å². The Kier molecular flexibility index (Phi) is 4.88. The van der Waals surface area contributed by atoms with Gasteiger partial charge in [-0.1, -0.05) is 26.8 Å². The molecule has 3 rings (SSSR count). The van der Waals surface area contributed by atoms with E-state index in [9.17, 15) is 9.59 Å². The van der Waals surface area contributed by atoms with E-state index in [4.69, 9.17) is 9.47 Å². The van der Waals surface area contributed by atoms with Gasteiger partial charge in [0.2, 0.25) is 18.6 Å². The summed E-state index contributed by atoms with van der Waals surface area (Å²) in [6, 6.07) is 5.86. The number of carbonyl (C=O) groups is 2. The summed E-state index contributed by atoms with van der Waals surface area (Å²) in [5.41, 5.74) is 0.844. The largest absolute Gasteiger partial charge is 0.454 e. The van der Waals surface area contributed by atoms with Crippen molar-refractivity contribution in [3.05, 3.63) is 23.8 Å². The fourth-order valence-electron chi connectivity index (χ4n) is 2.95. The lowest BCUT2D eigenvalue weighted by atomic mass is 9.84. The second-order valence-electron chi connectivity index (χ2n) is 7.59. The van der Waals surface area contributed by atoms with Gasteiger partial charge in [-0.3, -0.25) is 9.59 Å². The number of carbonyl (C=O) groups excluding carboxylic acids is 2. The van der Waals surface area contributed by atoms with Crippen LogP contribution in [0.25, 0.3) is 0 Å². The first-order chi connectivity index (χ1) is 11.9. The molecule has 136 valence electrons. The number of nitrogens with one attached hydrogen (secondary N) is 2. The molecule has 2 amide bonds. The first kappa shape index (κ1) is 17.6. The number of hydrogen-bond acceptors (Lipinski definition) is 4. The van der Waals surface area contributed by atoms with Gasteiger partial charge in [-0.25, -0.2) is 0 Å². The van der Waals surface area contributed by atoms with Crippen LogP contribution < -0.4 is 20.1 Å². The van der Waals surface area contributed by atoms with Crippen molar-refractivity contribution in [2.75, 3.05) is 19.9 Å². The first-order valence-corrected chi connectivity index (χ1v) is 8.81. The Morgan fingerprint density at radius 3 is 2.64 bits per heavy atom.